The molecule has 5 heteroatoms. The second-order valence-electron chi connectivity index (χ2n) is 5.35. The summed E-state index contributed by atoms with van der Waals surface area (Å²) in [6.07, 6.45) is -0.101. The summed E-state index contributed by atoms with van der Waals surface area (Å²) < 4.78 is 6.77. The molecule has 0 bridgehead atoms. The van der Waals surface area contributed by atoms with Crippen LogP contribution in [0.3, 0.4) is 0 Å². The van der Waals surface area contributed by atoms with Gasteiger partial charge in [0.1, 0.15) is 6.10 Å². The highest BCUT2D eigenvalue weighted by atomic mass is 79.9. The topological polar surface area (TPSA) is 55.6 Å². The summed E-state index contributed by atoms with van der Waals surface area (Å²) in [7, 11) is 0. The van der Waals surface area contributed by atoms with Gasteiger partial charge in [-0.25, -0.2) is 0 Å². The molecule has 1 aromatic carbocycles. The molecule has 1 fully saturated rings. The molecule has 4 nitrogen and oxygen atoms in total. The zero-order valence-electron chi connectivity index (χ0n) is 11.2. The minimum Gasteiger partial charge on any atom is -0.370 e. The molecule has 0 radical (unpaired) electrons. The number of hydrogen-bond donors (Lipinski definition) is 1. The highest BCUT2D eigenvalue weighted by Crippen LogP contribution is 2.29. The van der Waals surface area contributed by atoms with E-state index in [2.05, 4.69) is 15.9 Å². The van der Waals surface area contributed by atoms with Gasteiger partial charge in [0.2, 0.25) is 5.91 Å². The Kier molecular flexibility index (Phi) is 4.28. The predicted molar refractivity (Wildman–Crippen MR) is 77.7 cm³/mol. The van der Waals surface area contributed by atoms with Crippen LogP contribution >= 0.6 is 15.9 Å². The van der Waals surface area contributed by atoms with E-state index in [1.807, 2.05) is 24.3 Å². The average molecular weight is 327 g/mol. The third-order valence-electron chi connectivity index (χ3n) is 3.16. The van der Waals surface area contributed by atoms with Crippen LogP contribution in [0.15, 0.2) is 28.7 Å². The van der Waals surface area contributed by atoms with Crippen LogP contribution in [0.1, 0.15) is 25.5 Å². The van der Waals surface area contributed by atoms with Crippen LogP contribution in [-0.4, -0.2) is 36.0 Å². The molecule has 0 unspecified atom stereocenters. The van der Waals surface area contributed by atoms with Gasteiger partial charge in [0, 0.05) is 11.0 Å². The number of nitrogens with zero attached hydrogens (tertiary/aromatic N) is 1. The van der Waals surface area contributed by atoms with Crippen molar-refractivity contribution in [3.63, 3.8) is 0 Å². The molecule has 0 spiro atoms. The first-order valence-corrected chi connectivity index (χ1v) is 7.13. The highest BCUT2D eigenvalue weighted by Gasteiger charge is 2.32. The molecule has 0 aromatic heterocycles. The molecule has 1 atom stereocenters. The summed E-state index contributed by atoms with van der Waals surface area (Å²) in [4.78, 5) is 14.0. The summed E-state index contributed by atoms with van der Waals surface area (Å²) in [6, 6.07) is 7.92. The molecule has 1 aromatic rings. The average Bonchev–Trinajstić information content (AvgIpc) is 2.37. The fraction of sp³-hybridized carbons (Fsp3) is 0.500. The fourth-order valence-electron chi connectivity index (χ4n) is 2.17. The third kappa shape index (κ3) is 3.35. The van der Waals surface area contributed by atoms with Crippen LogP contribution in [0.5, 0.6) is 0 Å². The normalized spacial score (nSPS) is 20.4. The molecule has 1 amide bonds. The monoisotopic (exact) mass is 326 g/mol. The highest BCUT2D eigenvalue weighted by molar-refractivity contribution is 9.10. The van der Waals surface area contributed by atoms with E-state index in [1.54, 1.807) is 18.7 Å². The van der Waals surface area contributed by atoms with Gasteiger partial charge in [-0.15, -0.1) is 0 Å². The first-order valence-electron chi connectivity index (χ1n) is 6.34. The standard InChI is InChI=1S/C14H19BrN2O2/c1-14(2,16)13(18)17-7-8-19-12(9-17)10-5-3-4-6-11(10)15/h3-6,12H,7-9,16H2,1-2H3/t12-/m1/s1. The lowest BCUT2D eigenvalue weighted by Gasteiger charge is -2.36. The van der Waals surface area contributed by atoms with Crippen LogP contribution in [0.25, 0.3) is 0 Å². The van der Waals surface area contributed by atoms with Crippen molar-refractivity contribution in [2.45, 2.75) is 25.5 Å². The second kappa shape index (κ2) is 5.61. The molecule has 1 aliphatic heterocycles. The van der Waals surface area contributed by atoms with Crippen molar-refractivity contribution < 1.29 is 9.53 Å². The van der Waals surface area contributed by atoms with Gasteiger partial charge in [-0.1, -0.05) is 34.1 Å². The molecule has 0 saturated carbocycles. The Morgan fingerprint density at radius 3 is 2.79 bits per heavy atom. The Bertz CT molecular complexity index is 471. The predicted octanol–water partition coefficient (Wildman–Crippen LogP) is 2.09. The zero-order chi connectivity index (χ0) is 14.0. The molecular weight excluding hydrogens is 308 g/mol. The Hall–Kier alpha value is -0.910. The fourth-order valence-corrected chi connectivity index (χ4v) is 2.71. The minimum absolute atomic E-state index is 0.0344. The number of rotatable bonds is 2. The first kappa shape index (κ1) is 14.5. The van der Waals surface area contributed by atoms with Crippen molar-refractivity contribution >= 4 is 21.8 Å². The van der Waals surface area contributed by atoms with Gasteiger partial charge in [-0.05, 0) is 25.5 Å². The number of morpholine rings is 1. The summed E-state index contributed by atoms with van der Waals surface area (Å²) in [5, 5.41) is 0. The van der Waals surface area contributed by atoms with Gasteiger partial charge in [0.15, 0.2) is 0 Å². The number of carbonyl (C=O) groups excluding carboxylic acids is 1. The smallest absolute Gasteiger partial charge is 0.242 e. The summed E-state index contributed by atoms with van der Waals surface area (Å²) in [6.45, 7) is 5.15. The lowest BCUT2D eigenvalue weighted by atomic mass is 10.0. The van der Waals surface area contributed by atoms with Gasteiger partial charge < -0.3 is 15.4 Å². The van der Waals surface area contributed by atoms with Gasteiger partial charge >= 0.3 is 0 Å². The number of hydrogen-bond acceptors (Lipinski definition) is 3. The lowest BCUT2D eigenvalue weighted by Crippen LogP contribution is -2.54. The first-order chi connectivity index (χ1) is 8.89. The van der Waals surface area contributed by atoms with E-state index in [9.17, 15) is 4.79 Å². The molecule has 0 aliphatic carbocycles. The summed E-state index contributed by atoms with van der Waals surface area (Å²) in [5.41, 5.74) is 6.11. The number of ether oxygens (including phenoxy) is 1. The molecule has 1 heterocycles. The van der Waals surface area contributed by atoms with E-state index < -0.39 is 5.54 Å². The molecule has 1 aliphatic rings. The maximum atomic E-state index is 12.2. The maximum Gasteiger partial charge on any atom is 0.242 e. The molecule has 2 rings (SSSR count). The van der Waals surface area contributed by atoms with Crippen molar-refractivity contribution in [3.05, 3.63) is 34.3 Å². The minimum atomic E-state index is -0.837. The van der Waals surface area contributed by atoms with Gasteiger partial charge in [0.25, 0.3) is 0 Å². The number of benzene rings is 1. The maximum absolute atomic E-state index is 12.2. The van der Waals surface area contributed by atoms with E-state index in [0.717, 1.165) is 10.0 Å². The Morgan fingerprint density at radius 1 is 1.47 bits per heavy atom. The number of carbonyl (C=O) groups is 1. The van der Waals surface area contributed by atoms with Crippen LogP contribution < -0.4 is 5.73 Å². The van der Waals surface area contributed by atoms with Crippen LogP contribution in [0.4, 0.5) is 0 Å². The zero-order valence-corrected chi connectivity index (χ0v) is 12.8. The van der Waals surface area contributed by atoms with E-state index >= 15 is 0 Å². The van der Waals surface area contributed by atoms with Crippen LogP contribution in [-0.2, 0) is 9.53 Å². The molecule has 19 heavy (non-hydrogen) atoms. The van der Waals surface area contributed by atoms with Crippen molar-refractivity contribution in [2.75, 3.05) is 19.7 Å². The Labute approximate surface area is 122 Å². The third-order valence-corrected chi connectivity index (χ3v) is 3.88. The van der Waals surface area contributed by atoms with E-state index in [1.165, 1.54) is 0 Å². The van der Waals surface area contributed by atoms with Crippen molar-refractivity contribution in [3.8, 4) is 0 Å². The molecule has 104 valence electrons. The van der Waals surface area contributed by atoms with E-state index in [4.69, 9.17) is 10.5 Å². The number of amides is 1. The SMILES string of the molecule is CC(C)(N)C(=O)N1CCO[C@@H](c2ccccc2Br)C1. The van der Waals surface area contributed by atoms with Gasteiger partial charge in [-0.2, -0.15) is 0 Å². The van der Waals surface area contributed by atoms with Crippen LogP contribution in [0, 0.1) is 0 Å². The number of halogens is 1. The van der Waals surface area contributed by atoms with Crippen molar-refractivity contribution in [1.82, 2.24) is 4.90 Å². The Morgan fingerprint density at radius 2 is 2.16 bits per heavy atom. The lowest BCUT2D eigenvalue weighted by molar-refractivity contribution is -0.143. The molecular formula is C14H19BrN2O2. The van der Waals surface area contributed by atoms with Crippen molar-refractivity contribution in [1.29, 1.82) is 0 Å². The van der Waals surface area contributed by atoms with E-state index in [0.29, 0.717) is 19.7 Å². The summed E-state index contributed by atoms with van der Waals surface area (Å²) in [5.74, 6) is -0.0344. The Balaban J connectivity index is 2.14. The summed E-state index contributed by atoms with van der Waals surface area (Å²) >= 11 is 3.52. The van der Waals surface area contributed by atoms with Gasteiger partial charge in [-0.3, -0.25) is 4.79 Å². The van der Waals surface area contributed by atoms with E-state index in [-0.39, 0.29) is 12.0 Å². The quantitative estimate of drug-likeness (QED) is 0.905. The second-order valence-corrected chi connectivity index (χ2v) is 6.21. The van der Waals surface area contributed by atoms with Crippen molar-refractivity contribution in [2.24, 2.45) is 5.73 Å². The van der Waals surface area contributed by atoms with Gasteiger partial charge in [0.05, 0.1) is 18.7 Å². The van der Waals surface area contributed by atoms with Crippen LogP contribution in [0.2, 0.25) is 0 Å². The molecule has 2 N–H and O–H groups in total. The largest absolute Gasteiger partial charge is 0.370 e. The molecule has 1 saturated heterocycles. The number of nitrogens with two attached hydrogens (primary N) is 1.